The highest BCUT2D eigenvalue weighted by molar-refractivity contribution is 7.85. The van der Waals surface area contributed by atoms with Crippen LogP contribution in [0.2, 0.25) is 0 Å². The minimum Gasteiger partial charge on any atom is -0.361 e. The summed E-state index contributed by atoms with van der Waals surface area (Å²) in [5.74, 6) is 0.759. The van der Waals surface area contributed by atoms with Crippen molar-refractivity contribution in [3.8, 4) is 0 Å². The lowest BCUT2D eigenvalue weighted by Gasteiger charge is -2.21. The Morgan fingerprint density at radius 1 is 1.32 bits per heavy atom. The van der Waals surface area contributed by atoms with Crippen LogP contribution < -0.4 is 4.90 Å². The first-order valence-corrected chi connectivity index (χ1v) is 8.41. The van der Waals surface area contributed by atoms with Crippen molar-refractivity contribution in [3.63, 3.8) is 0 Å². The first-order chi connectivity index (χ1) is 10.4. The third-order valence-electron chi connectivity index (χ3n) is 3.68. The van der Waals surface area contributed by atoms with E-state index in [2.05, 4.69) is 5.16 Å². The first kappa shape index (κ1) is 16.4. The van der Waals surface area contributed by atoms with Crippen LogP contribution in [0.15, 0.2) is 34.9 Å². The number of benzene rings is 1. The maximum absolute atomic E-state index is 12.5. The highest BCUT2D eigenvalue weighted by Gasteiger charge is 2.25. The summed E-state index contributed by atoms with van der Waals surface area (Å²) in [5, 5.41) is 3.25. The molecule has 0 radical (unpaired) electrons. The average Bonchev–Trinajstić information content (AvgIpc) is 2.85. The molecule has 0 aliphatic heterocycles. The maximum Gasteiger partial charge on any atom is 0.242 e. The predicted molar refractivity (Wildman–Crippen MR) is 87.1 cm³/mol. The zero-order valence-corrected chi connectivity index (χ0v) is 14.0. The zero-order chi connectivity index (χ0) is 16.3. The summed E-state index contributed by atoms with van der Waals surface area (Å²) in [4.78, 5) is 14.0. The van der Waals surface area contributed by atoms with Crippen LogP contribution in [0.3, 0.4) is 0 Å². The number of para-hydroxylation sites is 1. The smallest absolute Gasteiger partial charge is 0.242 e. The van der Waals surface area contributed by atoms with E-state index in [0.717, 1.165) is 16.9 Å². The number of rotatable bonds is 5. The van der Waals surface area contributed by atoms with E-state index in [4.69, 9.17) is 4.52 Å². The Morgan fingerprint density at radius 3 is 2.50 bits per heavy atom. The number of aryl methyl sites for hydroxylation is 2. The predicted octanol–water partition coefficient (Wildman–Crippen LogP) is 2.59. The molecule has 1 heterocycles. The quantitative estimate of drug-likeness (QED) is 0.849. The molecule has 22 heavy (non-hydrogen) atoms. The summed E-state index contributed by atoms with van der Waals surface area (Å²) in [6.45, 7) is 5.29. The van der Waals surface area contributed by atoms with E-state index in [0.29, 0.717) is 5.76 Å². The van der Waals surface area contributed by atoms with Gasteiger partial charge in [0.25, 0.3) is 0 Å². The van der Waals surface area contributed by atoms with Crippen molar-refractivity contribution in [2.45, 2.75) is 31.8 Å². The van der Waals surface area contributed by atoms with Gasteiger partial charge in [-0.2, -0.15) is 0 Å². The fourth-order valence-electron chi connectivity index (χ4n) is 2.14. The summed E-state index contributed by atoms with van der Waals surface area (Å²) in [6.07, 6.45) is 0. The number of aromatic nitrogens is 1. The van der Waals surface area contributed by atoms with Crippen LogP contribution in [0.4, 0.5) is 5.69 Å². The number of nitrogens with zero attached hydrogens (tertiary/aromatic N) is 2. The number of hydrogen-bond acceptors (Lipinski definition) is 4. The lowest BCUT2D eigenvalue weighted by atomic mass is 10.2. The van der Waals surface area contributed by atoms with Crippen molar-refractivity contribution in [1.29, 1.82) is 0 Å². The standard InChI is InChI=1S/C16H20N2O3S/c1-11-15(12(2)21-17-11)10-22(20)13(3)16(19)18(4)14-8-6-5-7-9-14/h5-9,13H,10H2,1-4H3/t13-,22+/m1/s1. The van der Waals surface area contributed by atoms with E-state index in [-0.39, 0.29) is 11.7 Å². The molecule has 0 aliphatic carbocycles. The van der Waals surface area contributed by atoms with Crippen LogP contribution in [0.25, 0.3) is 0 Å². The molecule has 0 fully saturated rings. The minimum atomic E-state index is -1.33. The highest BCUT2D eigenvalue weighted by Crippen LogP contribution is 2.18. The van der Waals surface area contributed by atoms with E-state index in [9.17, 15) is 9.00 Å². The Hall–Kier alpha value is -1.95. The second-order valence-corrected chi connectivity index (χ2v) is 6.96. The number of anilines is 1. The van der Waals surface area contributed by atoms with Crippen LogP contribution >= 0.6 is 0 Å². The molecule has 1 amide bonds. The van der Waals surface area contributed by atoms with E-state index in [1.807, 2.05) is 37.3 Å². The normalized spacial score (nSPS) is 13.6. The van der Waals surface area contributed by atoms with Crippen molar-refractivity contribution in [3.05, 3.63) is 47.3 Å². The summed E-state index contributed by atoms with van der Waals surface area (Å²) in [6, 6.07) is 9.32. The minimum absolute atomic E-state index is 0.170. The van der Waals surface area contributed by atoms with Crippen LogP contribution in [0.5, 0.6) is 0 Å². The second-order valence-electron chi connectivity index (χ2n) is 5.20. The second kappa shape index (κ2) is 6.87. The third-order valence-corrected chi connectivity index (χ3v) is 5.25. The van der Waals surface area contributed by atoms with Gasteiger partial charge >= 0.3 is 0 Å². The number of hydrogen-bond donors (Lipinski definition) is 0. The van der Waals surface area contributed by atoms with Crippen molar-refractivity contribution in [2.75, 3.05) is 11.9 Å². The molecule has 2 atom stereocenters. The van der Waals surface area contributed by atoms with Gasteiger partial charge in [-0.15, -0.1) is 0 Å². The molecule has 0 saturated carbocycles. The molecule has 6 heteroatoms. The molecule has 0 aliphatic rings. The number of carbonyl (C=O) groups excluding carboxylic acids is 1. The van der Waals surface area contributed by atoms with Gasteiger partial charge in [0.15, 0.2) is 0 Å². The van der Waals surface area contributed by atoms with Gasteiger partial charge < -0.3 is 9.42 Å². The highest BCUT2D eigenvalue weighted by atomic mass is 32.2. The number of amides is 1. The lowest BCUT2D eigenvalue weighted by Crippen LogP contribution is -2.37. The Balaban J connectivity index is 2.09. The van der Waals surface area contributed by atoms with E-state index in [1.165, 1.54) is 4.90 Å². The Morgan fingerprint density at radius 2 is 1.95 bits per heavy atom. The van der Waals surface area contributed by atoms with Gasteiger partial charge in [-0.05, 0) is 32.9 Å². The molecule has 2 aromatic rings. The van der Waals surface area contributed by atoms with Gasteiger partial charge in [0.05, 0.1) is 11.4 Å². The van der Waals surface area contributed by atoms with Crippen molar-refractivity contribution in [2.24, 2.45) is 0 Å². The van der Waals surface area contributed by atoms with Crippen molar-refractivity contribution >= 4 is 22.4 Å². The molecular weight excluding hydrogens is 300 g/mol. The van der Waals surface area contributed by atoms with Crippen LogP contribution in [-0.4, -0.2) is 27.6 Å². The Kier molecular flexibility index (Phi) is 5.13. The molecular formula is C16H20N2O3S. The van der Waals surface area contributed by atoms with E-state index >= 15 is 0 Å². The molecule has 1 aromatic heterocycles. The Labute approximate surface area is 132 Å². The fourth-order valence-corrected chi connectivity index (χ4v) is 3.47. The molecule has 0 N–H and O–H groups in total. The molecule has 0 bridgehead atoms. The van der Waals surface area contributed by atoms with Crippen molar-refractivity contribution in [1.82, 2.24) is 5.16 Å². The van der Waals surface area contributed by atoms with E-state index in [1.54, 1.807) is 20.9 Å². The number of carbonyl (C=O) groups is 1. The summed E-state index contributed by atoms with van der Waals surface area (Å²) in [5.41, 5.74) is 2.33. The van der Waals surface area contributed by atoms with Crippen molar-refractivity contribution < 1.29 is 13.5 Å². The lowest BCUT2D eigenvalue weighted by molar-refractivity contribution is -0.117. The average molecular weight is 320 g/mol. The van der Waals surface area contributed by atoms with Gasteiger partial charge in [-0.1, -0.05) is 23.4 Å². The van der Waals surface area contributed by atoms with E-state index < -0.39 is 16.0 Å². The maximum atomic E-state index is 12.5. The third kappa shape index (κ3) is 3.44. The van der Waals surface area contributed by atoms with Gasteiger partial charge in [0.2, 0.25) is 5.91 Å². The molecule has 118 valence electrons. The zero-order valence-electron chi connectivity index (χ0n) is 13.2. The summed E-state index contributed by atoms with van der Waals surface area (Å²) in [7, 11) is 0.365. The topological polar surface area (TPSA) is 63.4 Å². The van der Waals surface area contributed by atoms with Gasteiger partial charge in [-0.25, -0.2) is 0 Å². The monoisotopic (exact) mass is 320 g/mol. The van der Waals surface area contributed by atoms with Crippen LogP contribution in [-0.2, 0) is 21.3 Å². The van der Waals surface area contributed by atoms with Gasteiger partial charge in [-0.3, -0.25) is 9.00 Å². The van der Waals surface area contributed by atoms with Gasteiger partial charge in [0.1, 0.15) is 11.0 Å². The molecule has 0 spiro atoms. The largest absolute Gasteiger partial charge is 0.361 e. The summed E-state index contributed by atoms with van der Waals surface area (Å²) < 4.78 is 17.6. The van der Waals surface area contributed by atoms with Crippen LogP contribution in [0.1, 0.15) is 23.9 Å². The van der Waals surface area contributed by atoms with Crippen LogP contribution in [0, 0.1) is 13.8 Å². The molecule has 2 rings (SSSR count). The SMILES string of the molecule is Cc1noc(C)c1C[S@](=O)[C@H](C)C(=O)N(C)c1ccccc1. The molecule has 5 nitrogen and oxygen atoms in total. The molecule has 0 unspecified atom stereocenters. The summed E-state index contributed by atoms with van der Waals surface area (Å²) >= 11 is 0. The first-order valence-electron chi connectivity index (χ1n) is 7.03. The molecule has 1 aromatic carbocycles. The van der Waals surface area contributed by atoms with Gasteiger partial charge in [0, 0.05) is 29.1 Å². The molecule has 0 saturated heterocycles. The fraction of sp³-hybridized carbons (Fsp3) is 0.375. The Bertz CT molecular complexity index is 662.